The van der Waals surface area contributed by atoms with Crippen molar-refractivity contribution in [3.05, 3.63) is 70.3 Å². The highest BCUT2D eigenvalue weighted by Crippen LogP contribution is 2.28. The fraction of sp³-hybridized carbons (Fsp3) is 0.500. The quantitative estimate of drug-likeness (QED) is 0.194. The summed E-state index contributed by atoms with van der Waals surface area (Å²) < 4.78 is 93.1. The zero-order valence-corrected chi connectivity index (χ0v) is 25.7. The van der Waals surface area contributed by atoms with Crippen molar-refractivity contribution in [3.8, 4) is 0 Å². The van der Waals surface area contributed by atoms with Gasteiger partial charge in [-0.1, -0.05) is 0 Å². The number of carbonyl (C=O) groups excluding carboxylic acids is 3. The average Bonchev–Trinajstić information content (AvgIpc) is 3.01. The molecule has 0 bridgehead atoms. The number of ether oxygens (including phenoxy) is 3. The molecule has 0 aliphatic carbocycles. The van der Waals surface area contributed by atoms with Crippen LogP contribution in [-0.4, -0.2) is 69.4 Å². The first kappa shape index (κ1) is 37.7. The van der Waals surface area contributed by atoms with Crippen LogP contribution in [0.4, 0.5) is 31.1 Å². The molecule has 1 N–H and O–H groups in total. The third-order valence-corrected chi connectivity index (χ3v) is 7.73. The normalized spacial score (nSPS) is 21.0. The second kappa shape index (κ2) is 17.2. The largest absolute Gasteiger partial charge is 0.469 e. The number of rotatable bonds is 6. The highest BCUT2D eigenvalue weighted by atomic mass is 35.5. The van der Waals surface area contributed by atoms with E-state index in [9.17, 15) is 40.7 Å². The molecule has 1 amide bonds. The molecule has 4 rings (SSSR count). The molecule has 4 atom stereocenters. The average molecular weight is 669 g/mol. The van der Waals surface area contributed by atoms with Gasteiger partial charge in [0.25, 0.3) is 0 Å². The number of methoxy groups -OCH3 is 3. The highest BCUT2D eigenvalue weighted by molar-refractivity contribution is 5.85. The smallest absolute Gasteiger partial charge is 0.409 e. The number of nitrogens with one attached hydrogen (secondary N) is 1. The molecule has 250 valence electrons. The number of halogens is 7. The SMILES string of the molecule is COC(=O)C1CCN(C(=O)OC)C(Cc2cc(F)c(F)c(F)c2)C1.COC(=O)C1CCNC(Cc2cc(F)c(F)c(F)c2)C1.Cl. The van der Waals surface area contributed by atoms with Gasteiger partial charge in [-0.25, -0.2) is 31.1 Å². The fourth-order valence-electron chi connectivity index (χ4n) is 5.53. The number of piperidine rings is 2. The van der Waals surface area contributed by atoms with E-state index < -0.39 is 58.9 Å². The Morgan fingerprint density at radius 1 is 0.733 bits per heavy atom. The fourth-order valence-corrected chi connectivity index (χ4v) is 5.53. The van der Waals surface area contributed by atoms with Gasteiger partial charge >= 0.3 is 18.0 Å². The second-order valence-electron chi connectivity index (χ2n) is 10.6. The molecule has 0 saturated carbocycles. The zero-order chi connectivity index (χ0) is 32.6. The van der Waals surface area contributed by atoms with Crippen LogP contribution in [0.25, 0.3) is 0 Å². The van der Waals surface area contributed by atoms with Crippen molar-refractivity contribution in [3.63, 3.8) is 0 Å². The van der Waals surface area contributed by atoms with Crippen molar-refractivity contribution >= 4 is 30.4 Å². The summed E-state index contributed by atoms with van der Waals surface area (Å²) in [7, 11) is 3.84. The number of benzene rings is 2. The predicted octanol–water partition coefficient (Wildman–Crippen LogP) is 5.28. The van der Waals surface area contributed by atoms with Gasteiger partial charge in [-0.15, -0.1) is 12.4 Å². The van der Waals surface area contributed by atoms with Crippen LogP contribution in [0.1, 0.15) is 36.8 Å². The number of hydrogen-bond donors (Lipinski definition) is 1. The van der Waals surface area contributed by atoms with E-state index in [0.29, 0.717) is 37.8 Å². The molecule has 45 heavy (non-hydrogen) atoms. The van der Waals surface area contributed by atoms with E-state index in [2.05, 4.69) is 5.32 Å². The van der Waals surface area contributed by atoms with Crippen LogP contribution in [-0.2, 0) is 36.6 Å². The minimum Gasteiger partial charge on any atom is -0.469 e. The molecule has 0 spiro atoms. The van der Waals surface area contributed by atoms with Gasteiger partial charge in [0.15, 0.2) is 34.9 Å². The van der Waals surface area contributed by atoms with Crippen LogP contribution in [0.3, 0.4) is 0 Å². The maximum absolute atomic E-state index is 13.4. The summed E-state index contributed by atoms with van der Waals surface area (Å²) >= 11 is 0. The summed E-state index contributed by atoms with van der Waals surface area (Å²) in [5.74, 6) is -9.28. The van der Waals surface area contributed by atoms with E-state index in [0.717, 1.165) is 24.3 Å². The lowest BCUT2D eigenvalue weighted by Crippen LogP contribution is -2.48. The lowest BCUT2D eigenvalue weighted by Gasteiger charge is -2.37. The Morgan fingerprint density at radius 2 is 1.20 bits per heavy atom. The Hall–Kier alpha value is -3.52. The highest BCUT2D eigenvalue weighted by Gasteiger charge is 2.36. The standard InChI is InChI=1S/C16H18F3NO4.C14H16F3NO2.ClH/c1-23-15(21)10-3-4-20(16(22)24-2)11(8-10)5-9-6-12(17)14(19)13(18)7-9;1-20-14(19)9-2-3-18-10(7-9)4-8-5-11(15)13(17)12(16)6-8;/h6-7,10-11H,3-5,8H2,1-2H3;5-6,9-10,18H,2-4,7H2,1H3;1H. The first-order valence-corrected chi connectivity index (χ1v) is 13.9. The van der Waals surface area contributed by atoms with Crippen molar-refractivity contribution < 1.29 is 54.9 Å². The lowest BCUT2D eigenvalue weighted by molar-refractivity contribution is -0.148. The summed E-state index contributed by atoms with van der Waals surface area (Å²) in [5, 5.41) is 3.18. The maximum atomic E-state index is 13.4. The van der Waals surface area contributed by atoms with Crippen LogP contribution in [0, 0.1) is 46.7 Å². The number of nitrogens with zero attached hydrogens (tertiary/aromatic N) is 1. The number of likely N-dealkylation sites (tertiary alicyclic amines) is 1. The molecular formula is C30H35ClF6N2O6. The van der Waals surface area contributed by atoms with Crippen molar-refractivity contribution in [2.24, 2.45) is 11.8 Å². The van der Waals surface area contributed by atoms with Crippen LogP contribution < -0.4 is 5.32 Å². The number of esters is 2. The minimum absolute atomic E-state index is 0. The molecular weight excluding hydrogens is 634 g/mol. The third-order valence-electron chi connectivity index (χ3n) is 7.73. The van der Waals surface area contributed by atoms with Crippen molar-refractivity contribution in [2.75, 3.05) is 34.4 Å². The Kier molecular flexibility index (Phi) is 14.4. The summed E-state index contributed by atoms with van der Waals surface area (Å²) in [6.45, 7) is 0.889. The van der Waals surface area contributed by atoms with E-state index in [4.69, 9.17) is 14.2 Å². The molecule has 4 unspecified atom stereocenters. The molecule has 2 saturated heterocycles. The molecule has 2 heterocycles. The van der Waals surface area contributed by atoms with Gasteiger partial charge in [0.2, 0.25) is 0 Å². The summed E-state index contributed by atoms with van der Waals surface area (Å²) in [5.41, 5.74) is 0.556. The van der Waals surface area contributed by atoms with Gasteiger partial charge in [0.05, 0.1) is 33.2 Å². The van der Waals surface area contributed by atoms with Gasteiger partial charge in [0.1, 0.15) is 0 Å². The van der Waals surface area contributed by atoms with Gasteiger partial charge in [0, 0.05) is 18.6 Å². The number of carbonyl (C=O) groups is 3. The third kappa shape index (κ3) is 9.98. The van der Waals surface area contributed by atoms with Gasteiger partial charge in [-0.3, -0.25) is 9.59 Å². The Morgan fingerprint density at radius 3 is 1.67 bits per heavy atom. The summed E-state index contributed by atoms with van der Waals surface area (Å²) in [6, 6.07) is 3.14. The Bertz CT molecular complexity index is 1310. The monoisotopic (exact) mass is 668 g/mol. The van der Waals surface area contributed by atoms with Gasteiger partial charge in [-0.2, -0.15) is 0 Å². The molecule has 2 aromatic carbocycles. The molecule has 2 aliphatic heterocycles. The van der Waals surface area contributed by atoms with Crippen molar-refractivity contribution in [2.45, 2.75) is 50.6 Å². The van der Waals surface area contributed by atoms with Crippen LogP contribution in [0.5, 0.6) is 0 Å². The van der Waals surface area contributed by atoms with E-state index in [1.54, 1.807) is 0 Å². The second-order valence-corrected chi connectivity index (χ2v) is 10.6. The van der Waals surface area contributed by atoms with Crippen molar-refractivity contribution in [1.82, 2.24) is 10.2 Å². The van der Waals surface area contributed by atoms with Gasteiger partial charge in [-0.05, 0) is 80.5 Å². The minimum atomic E-state index is -1.54. The van der Waals surface area contributed by atoms with Crippen LogP contribution >= 0.6 is 12.4 Å². The zero-order valence-electron chi connectivity index (χ0n) is 24.8. The summed E-state index contributed by atoms with van der Waals surface area (Å²) in [4.78, 5) is 36.5. The first-order chi connectivity index (χ1) is 20.9. The molecule has 2 aromatic rings. The maximum Gasteiger partial charge on any atom is 0.409 e. The van der Waals surface area contributed by atoms with Crippen LogP contribution in [0.2, 0.25) is 0 Å². The Labute approximate surface area is 262 Å². The topological polar surface area (TPSA) is 94.2 Å². The van der Waals surface area contributed by atoms with Crippen molar-refractivity contribution in [1.29, 1.82) is 0 Å². The molecule has 2 aliphatic rings. The molecule has 0 radical (unpaired) electrons. The number of amides is 1. The van der Waals surface area contributed by atoms with E-state index in [-0.39, 0.29) is 55.3 Å². The Balaban J connectivity index is 0.000000311. The van der Waals surface area contributed by atoms with Crippen LogP contribution in [0.15, 0.2) is 24.3 Å². The first-order valence-electron chi connectivity index (χ1n) is 13.9. The molecule has 2 fully saturated rings. The molecule has 15 heteroatoms. The van der Waals surface area contributed by atoms with Gasteiger partial charge < -0.3 is 24.4 Å². The van der Waals surface area contributed by atoms with E-state index in [1.807, 2.05) is 0 Å². The molecule has 0 aromatic heterocycles. The predicted molar refractivity (Wildman–Crippen MR) is 151 cm³/mol. The molecule has 8 nitrogen and oxygen atoms in total. The van der Waals surface area contributed by atoms with E-state index >= 15 is 0 Å². The summed E-state index contributed by atoms with van der Waals surface area (Å²) in [6.07, 6.45) is 1.69. The lowest BCUT2D eigenvalue weighted by atomic mass is 9.87. The number of hydrogen-bond acceptors (Lipinski definition) is 7. The van der Waals surface area contributed by atoms with E-state index in [1.165, 1.54) is 26.2 Å².